The van der Waals surface area contributed by atoms with Crippen molar-refractivity contribution in [3.05, 3.63) is 119 Å². The average Bonchev–Trinajstić information content (AvgIpc) is 3.77. The molecule has 3 N–H and O–H groups in total. The highest BCUT2D eigenvalue weighted by atomic mass is 35.5. The molecule has 1 saturated heterocycles. The average molecular weight is 629 g/mol. The lowest BCUT2D eigenvalue weighted by Gasteiger charge is -2.35. The monoisotopic (exact) mass is 628 g/mol. The van der Waals surface area contributed by atoms with Crippen molar-refractivity contribution in [2.45, 2.75) is 43.6 Å². The standard InChI is InChI=1S/C19H22FN3O.C16H16ClN3O/c1-21-19(9-6-14-2-3-14,15-7-10-22-11-8-15)16-4-5-17(20)18(12-16)23-13-24;17-14-6-7-15(18-10-14)19-16(21)20-9-8-13(11-20)12-4-2-1-3-5-12/h4-5,7-8,10-14,21H,2-3,6,9H2,1H3,(H,23,24);1-7,10,13H,8-9,11H2,(H,18,19,21). The minimum Gasteiger partial charge on any atom is -0.326 e. The lowest BCUT2D eigenvalue weighted by atomic mass is 9.79. The molecule has 0 spiro atoms. The van der Waals surface area contributed by atoms with Gasteiger partial charge in [0.15, 0.2) is 0 Å². The Kier molecular flexibility index (Phi) is 10.8. The van der Waals surface area contributed by atoms with Gasteiger partial charge >= 0.3 is 6.03 Å². The summed E-state index contributed by atoms with van der Waals surface area (Å²) in [7, 11) is 1.92. The molecular weight excluding hydrogens is 591 g/mol. The molecule has 6 rings (SSSR count). The van der Waals surface area contributed by atoms with Gasteiger partial charge in [-0.1, -0.05) is 60.8 Å². The predicted molar refractivity (Wildman–Crippen MR) is 176 cm³/mol. The Labute approximate surface area is 268 Å². The smallest absolute Gasteiger partial charge is 0.323 e. The molecule has 1 aliphatic heterocycles. The molecule has 3 amide bonds. The van der Waals surface area contributed by atoms with Crippen molar-refractivity contribution in [3.8, 4) is 0 Å². The summed E-state index contributed by atoms with van der Waals surface area (Å²) in [6, 6.07) is 22.5. The normalized spacial score (nSPS) is 17.0. The van der Waals surface area contributed by atoms with Gasteiger partial charge in [-0.3, -0.25) is 15.1 Å². The van der Waals surface area contributed by atoms with Gasteiger partial charge in [-0.15, -0.1) is 0 Å². The number of anilines is 2. The van der Waals surface area contributed by atoms with E-state index in [0.717, 1.165) is 49.4 Å². The van der Waals surface area contributed by atoms with Crippen molar-refractivity contribution in [3.63, 3.8) is 0 Å². The fourth-order valence-corrected chi connectivity index (χ4v) is 5.99. The third-order valence-electron chi connectivity index (χ3n) is 8.61. The first-order valence-corrected chi connectivity index (χ1v) is 15.6. The van der Waals surface area contributed by atoms with Gasteiger partial charge in [-0.25, -0.2) is 14.2 Å². The van der Waals surface area contributed by atoms with Crippen molar-refractivity contribution in [2.75, 3.05) is 30.8 Å². The minimum atomic E-state index is -0.437. The highest BCUT2D eigenvalue weighted by Gasteiger charge is 2.35. The number of benzene rings is 2. The third kappa shape index (κ3) is 8.23. The lowest BCUT2D eigenvalue weighted by Crippen LogP contribution is -2.41. The lowest BCUT2D eigenvalue weighted by molar-refractivity contribution is -0.105. The van der Waals surface area contributed by atoms with Crippen molar-refractivity contribution < 1.29 is 14.0 Å². The first-order valence-electron chi connectivity index (χ1n) is 15.2. The number of hydrogen-bond acceptors (Lipinski definition) is 5. The second kappa shape index (κ2) is 15.1. The molecule has 45 heavy (non-hydrogen) atoms. The number of halogens is 2. The topological polar surface area (TPSA) is 99.2 Å². The Hall–Kier alpha value is -4.34. The van der Waals surface area contributed by atoms with Crippen LogP contribution in [0.15, 0.2) is 91.4 Å². The van der Waals surface area contributed by atoms with E-state index in [1.165, 1.54) is 30.7 Å². The summed E-state index contributed by atoms with van der Waals surface area (Å²) in [5.41, 5.74) is 3.07. The van der Waals surface area contributed by atoms with Gasteiger partial charge in [-0.2, -0.15) is 0 Å². The molecule has 1 aliphatic carbocycles. The maximum Gasteiger partial charge on any atom is 0.323 e. The van der Waals surface area contributed by atoms with E-state index < -0.39 is 11.4 Å². The number of urea groups is 1. The second-order valence-corrected chi connectivity index (χ2v) is 11.9. The van der Waals surface area contributed by atoms with Gasteiger partial charge in [0.1, 0.15) is 11.6 Å². The van der Waals surface area contributed by atoms with Crippen LogP contribution in [-0.2, 0) is 10.3 Å². The number of amides is 3. The zero-order chi connectivity index (χ0) is 31.6. The van der Waals surface area contributed by atoms with E-state index in [1.807, 2.05) is 42.3 Å². The van der Waals surface area contributed by atoms with E-state index in [1.54, 1.807) is 36.7 Å². The number of carbonyl (C=O) groups is 2. The van der Waals surface area contributed by atoms with Crippen molar-refractivity contribution >= 4 is 35.5 Å². The Morgan fingerprint density at radius 3 is 2.49 bits per heavy atom. The number of carbonyl (C=O) groups excluding carboxylic acids is 2. The molecule has 2 fully saturated rings. The fourth-order valence-electron chi connectivity index (χ4n) is 5.88. The highest BCUT2D eigenvalue weighted by molar-refractivity contribution is 6.30. The van der Waals surface area contributed by atoms with E-state index in [-0.39, 0.29) is 11.7 Å². The Morgan fingerprint density at radius 2 is 1.82 bits per heavy atom. The molecule has 2 atom stereocenters. The van der Waals surface area contributed by atoms with E-state index >= 15 is 0 Å². The molecule has 3 heterocycles. The zero-order valence-electron chi connectivity index (χ0n) is 25.3. The van der Waals surface area contributed by atoms with Gasteiger partial charge in [0.2, 0.25) is 6.41 Å². The van der Waals surface area contributed by atoms with Crippen LogP contribution < -0.4 is 16.0 Å². The van der Waals surface area contributed by atoms with Crippen molar-refractivity contribution in [2.24, 2.45) is 5.92 Å². The van der Waals surface area contributed by atoms with Crippen LogP contribution in [0.3, 0.4) is 0 Å². The fraction of sp³-hybridized carbons (Fsp3) is 0.314. The zero-order valence-corrected chi connectivity index (χ0v) is 26.0. The molecule has 2 aromatic heterocycles. The quantitative estimate of drug-likeness (QED) is 0.161. The van der Waals surface area contributed by atoms with Crippen LogP contribution in [0.4, 0.5) is 20.7 Å². The van der Waals surface area contributed by atoms with Crippen LogP contribution in [0.25, 0.3) is 0 Å². The molecule has 8 nitrogen and oxygen atoms in total. The summed E-state index contributed by atoms with van der Waals surface area (Å²) in [6.45, 7) is 1.50. The molecule has 0 radical (unpaired) electrons. The maximum atomic E-state index is 13.9. The van der Waals surface area contributed by atoms with E-state index in [0.29, 0.717) is 23.2 Å². The van der Waals surface area contributed by atoms with Gasteiger partial charge in [0, 0.05) is 37.6 Å². The van der Waals surface area contributed by atoms with E-state index in [9.17, 15) is 14.0 Å². The first-order chi connectivity index (χ1) is 21.9. The molecular formula is C35H38ClFN6O2. The van der Waals surface area contributed by atoms with Crippen LogP contribution in [0.5, 0.6) is 0 Å². The molecule has 2 unspecified atom stereocenters. The molecule has 4 aromatic rings. The van der Waals surface area contributed by atoms with Crippen LogP contribution >= 0.6 is 11.6 Å². The van der Waals surface area contributed by atoms with Gasteiger partial charge in [-0.05, 0) is 85.3 Å². The Balaban J connectivity index is 0.000000179. The number of nitrogens with zero attached hydrogens (tertiary/aromatic N) is 3. The first kappa shape index (κ1) is 32.1. The molecule has 234 valence electrons. The van der Waals surface area contributed by atoms with Gasteiger partial charge < -0.3 is 15.5 Å². The van der Waals surface area contributed by atoms with Crippen LogP contribution in [0.2, 0.25) is 5.02 Å². The Morgan fingerprint density at radius 1 is 1.04 bits per heavy atom. The maximum absolute atomic E-state index is 13.9. The van der Waals surface area contributed by atoms with Crippen LogP contribution in [-0.4, -0.2) is 47.4 Å². The number of nitrogens with one attached hydrogen (secondary N) is 3. The van der Waals surface area contributed by atoms with E-state index in [2.05, 4.69) is 38.1 Å². The summed E-state index contributed by atoms with van der Waals surface area (Å²) in [5, 5.41) is 9.25. The summed E-state index contributed by atoms with van der Waals surface area (Å²) in [6.07, 6.45) is 11.1. The summed E-state index contributed by atoms with van der Waals surface area (Å²) >= 11 is 5.78. The largest absolute Gasteiger partial charge is 0.326 e. The molecule has 2 aliphatic rings. The number of hydrogen-bond donors (Lipinski definition) is 3. The second-order valence-electron chi connectivity index (χ2n) is 11.5. The predicted octanol–water partition coefficient (Wildman–Crippen LogP) is 7.20. The summed E-state index contributed by atoms with van der Waals surface area (Å²) < 4.78 is 13.9. The third-order valence-corrected chi connectivity index (χ3v) is 8.83. The highest BCUT2D eigenvalue weighted by Crippen LogP contribution is 2.41. The number of likely N-dealkylation sites (tertiary alicyclic amines) is 1. The van der Waals surface area contributed by atoms with Gasteiger partial charge in [0.25, 0.3) is 0 Å². The number of rotatable bonds is 10. The molecule has 1 saturated carbocycles. The Bertz CT molecular complexity index is 1560. The minimum absolute atomic E-state index is 0.108. The molecule has 10 heteroatoms. The summed E-state index contributed by atoms with van der Waals surface area (Å²) in [4.78, 5) is 33.0. The molecule has 0 bridgehead atoms. The van der Waals surface area contributed by atoms with Crippen molar-refractivity contribution in [1.82, 2.24) is 20.2 Å². The summed E-state index contributed by atoms with van der Waals surface area (Å²) in [5.74, 6) is 1.28. The van der Waals surface area contributed by atoms with Gasteiger partial charge in [0.05, 0.1) is 16.2 Å². The van der Waals surface area contributed by atoms with Crippen molar-refractivity contribution in [1.29, 1.82) is 0 Å². The number of aromatic nitrogens is 2. The number of pyridine rings is 2. The SMILES string of the molecule is CNC(CCC1CC1)(c1ccncc1)c1ccc(F)c(NC=O)c1.O=C(Nc1ccc(Cl)cn1)N1CCC(c2ccccc2)C1. The molecule has 2 aromatic carbocycles. The van der Waals surface area contributed by atoms with E-state index in [4.69, 9.17) is 11.6 Å². The van der Waals surface area contributed by atoms with Crippen LogP contribution in [0, 0.1) is 11.7 Å². The van der Waals surface area contributed by atoms with Crippen LogP contribution in [0.1, 0.15) is 54.7 Å².